The maximum absolute atomic E-state index is 12.5. The largest absolute Gasteiger partial charge is 0.454 e. The molecule has 0 saturated carbocycles. The molecule has 2 aliphatic rings. The summed E-state index contributed by atoms with van der Waals surface area (Å²) in [6.07, 6.45) is 3.22. The van der Waals surface area contributed by atoms with Crippen molar-refractivity contribution >= 4 is 28.4 Å². The molecule has 1 atom stereocenters. The Kier molecular flexibility index (Phi) is 5.10. The number of benzene rings is 1. The summed E-state index contributed by atoms with van der Waals surface area (Å²) >= 11 is 1.38. The van der Waals surface area contributed by atoms with Gasteiger partial charge in [-0.1, -0.05) is 6.07 Å². The van der Waals surface area contributed by atoms with Crippen LogP contribution in [-0.4, -0.2) is 41.7 Å². The molecule has 1 aromatic heterocycles. The van der Waals surface area contributed by atoms with Gasteiger partial charge in [0.05, 0.1) is 5.92 Å². The summed E-state index contributed by atoms with van der Waals surface area (Å²) in [6.45, 7) is 1.67. The minimum Gasteiger partial charge on any atom is -0.454 e. The smallest absolute Gasteiger partial charge is 0.317 e. The van der Waals surface area contributed by atoms with E-state index in [-0.39, 0.29) is 24.6 Å². The average molecular weight is 388 g/mol. The van der Waals surface area contributed by atoms with Gasteiger partial charge in [0.2, 0.25) is 12.7 Å². The monoisotopic (exact) mass is 388 g/mol. The van der Waals surface area contributed by atoms with Crippen molar-refractivity contribution < 1.29 is 19.1 Å². The van der Waals surface area contributed by atoms with Crippen LogP contribution in [0.1, 0.15) is 18.4 Å². The van der Waals surface area contributed by atoms with Crippen molar-refractivity contribution in [3.8, 4) is 11.5 Å². The van der Waals surface area contributed by atoms with E-state index in [2.05, 4.69) is 15.6 Å². The second-order valence-corrected chi connectivity index (χ2v) is 7.35. The molecule has 8 nitrogen and oxygen atoms in total. The highest BCUT2D eigenvalue weighted by Gasteiger charge is 2.28. The molecule has 1 aromatic carbocycles. The third-order valence-corrected chi connectivity index (χ3v) is 5.31. The summed E-state index contributed by atoms with van der Waals surface area (Å²) in [7, 11) is 0. The molecule has 2 aliphatic heterocycles. The number of ether oxygens (including phenoxy) is 2. The van der Waals surface area contributed by atoms with Gasteiger partial charge in [0, 0.05) is 31.2 Å². The topological polar surface area (TPSA) is 92.8 Å². The first kappa shape index (κ1) is 17.6. The lowest BCUT2D eigenvalue weighted by molar-refractivity contribution is -0.121. The van der Waals surface area contributed by atoms with E-state index in [4.69, 9.17) is 9.47 Å². The number of urea groups is 1. The molecule has 1 unspecified atom stereocenters. The number of piperidine rings is 1. The molecule has 9 heteroatoms. The summed E-state index contributed by atoms with van der Waals surface area (Å²) < 4.78 is 10.6. The Hall–Kier alpha value is -2.81. The molecule has 1 saturated heterocycles. The number of likely N-dealkylation sites (tertiary alicyclic amines) is 1. The molecular formula is C18H20N4O4S. The van der Waals surface area contributed by atoms with Crippen molar-refractivity contribution in [2.75, 3.05) is 25.2 Å². The Balaban J connectivity index is 1.30. The number of thiazole rings is 1. The number of carbonyl (C=O) groups is 2. The first-order valence-electron chi connectivity index (χ1n) is 8.81. The van der Waals surface area contributed by atoms with Crippen LogP contribution >= 0.6 is 11.3 Å². The van der Waals surface area contributed by atoms with Gasteiger partial charge in [0.25, 0.3) is 0 Å². The van der Waals surface area contributed by atoms with Gasteiger partial charge < -0.3 is 25.0 Å². The summed E-state index contributed by atoms with van der Waals surface area (Å²) in [4.78, 5) is 30.7. The van der Waals surface area contributed by atoms with E-state index >= 15 is 0 Å². The number of hydrogen-bond donors (Lipinski definition) is 2. The lowest BCUT2D eigenvalue weighted by atomic mass is 9.97. The highest BCUT2D eigenvalue weighted by Crippen LogP contribution is 2.32. The first-order valence-corrected chi connectivity index (χ1v) is 9.68. The van der Waals surface area contributed by atoms with Crippen LogP contribution in [0, 0.1) is 5.92 Å². The highest BCUT2D eigenvalue weighted by atomic mass is 32.1. The molecule has 1 fully saturated rings. The number of carbonyl (C=O) groups excluding carboxylic acids is 2. The van der Waals surface area contributed by atoms with Crippen LogP contribution in [0.4, 0.5) is 9.93 Å². The second-order valence-electron chi connectivity index (χ2n) is 6.46. The number of fused-ring (bicyclic) bond motifs is 1. The van der Waals surface area contributed by atoms with Gasteiger partial charge in [-0.3, -0.25) is 4.79 Å². The number of nitrogens with zero attached hydrogens (tertiary/aromatic N) is 2. The van der Waals surface area contributed by atoms with Gasteiger partial charge in [-0.05, 0) is 30.5 Å². The van der Waals surface area contributed by atoms with Crippen molar-refractivity contribution in [2.24, 2.45) is 5.92 Å². The average Bonchev–Trinajstić information content (AvgIpc) is 3.37. The zero-order valence-corrected chi connectivity index (χ0v) is 15.5. The number of nitrogens with one attached hydrogen (secondary N) is 2. The van der Waals surface area contributed by atoms with Gasteiger partial charge in [-0.2, -0.15) is 0 Å². The zero-order chi connectivity index (χ0) is 18.6. The van der Waals surface area contributed by atoms with Gasteiger partial charge in [0.1, 0.15) is 0 Å². The second kappa shape index (κ2) is 7.83. The van der Waals surface area contributed by atoms with Gasteiger partial charge in [-0.25, -0.2) is 9.78 Å². The van der Waals surface area contributed by atoms with Crippen molar-refractivity contribution in [3.63, 3.8) is 0 Å². The van der Waals surface area contributed by atoms with Crippen LogP contribution in [0.2, 0.25) is 0 Å². The molecule has 0 spiro atoms. The lowest BCUT2D eigenvalue weighted by Crippen LogP contribution is -2.47. The number of hydrogen-bond acceptors (Lipinski definition) is 6. The molecule has 3 amide bonds. The van der Waals surface area contributed by atoms with Crippen molar-refractivity contribution in [2.45, 2.75) is 19.4 Å². The third kappa shape index (κ3) is 4.13. The lowest BCUT2D eigenvalue weighted by Gasteiger charge is -2.31. The number of anilines is 1. The molecule has 0 bridgehead atoms. The Morgan fingerprint density at radius 3 is 3.04 bits per heavy atom. The van der Waals surface area contributed by atoms with E-state index in [0.717, 1.165) is 24.2 Å². The summed E-state index contributed by atoms with van der Waals surface area (Å²) in [5.74, 6) is 1.10. The molecule has 4 rings (SSSR count). The normalized spacial score (nSPS) is 18.2. The summed E-state index contributed by atoms with van der Waals surface area (Å²) in [6, 6.07) is 5.43. The van der Waals surface area contributed by atoms with Crippen LogP contribution in [-0.2, 0) is 11.3 Å². The number of aromatic nitrogens is 1. The third-order valence-electron chi connectivity index (χ3n) is 4.62. The minimum absolute atomic E-state index is 0.0850. The van der Waals surface area contributed by atoms with Crippen molar-refractivity contribution in [3.05, 3.63) is 35.3 Å². The van der Waals surface area contributed by atoms with E-state index in [1.54, 1.807) is 11.1 Å². The van der Waals surface area contributed by atoms with Gasteiger partial charge in [-0.15, -0.1) is 11.3 Å². The fourth-order valence-corrected chi connectivity index (χ4v) is 3.74. The Labute approximate surface area is 160 Å². The standard InChI is InChI=1S/C18H20N4O4S/c23-16(21-17-19-5-7-27-17)13-2-1-6-22(10-13)18(24)20-9-12-3-4-14-15(8-12)26-11-25-14/h3-5,7-8,13H,1-2,6,9-11H2,(H,20,24)(H,19,21,23). The maximum atomic E-state index is 12.5. The SMILES string of the molecule is O=C(Nc1nccs1)C1CCCN(C(=O)NCc2ccc3c(c2)OCO3)C1. The maximum Gasteiger partial charge on any atom is 0.317 e. The molecule has 3 heterocycles. The zero-order valence-electron chi connectivity index (χ0n) is 14.6. The van der Waals surface area contributed by atoms with E-state index in [9.17, 15) is 9.59 Å². The van der Waals surface area contributed by atoms with Crippen LogP contribution < -0.4 is 20.1 Å². The molecule has 142 valence electrons. The van der Waals surface area contributed by atoms with E-state index < -0.39 is 0 Å². The Morgan fingerprint density at radius 1 is 1.30 bits per heavy atom. The van der Waals surface area contributed by atoms with Crippen LogP contribution in [0.5, 0.6) is 11.5 Å². The molecule has 0 aliphatic carbocycles. The fraction of sp³-hybridized carbons (Fsp3) is 0.389. The van der Waals surface area contributed by atoms with Crippen LogP contribution in [0.25, 0.3) is 0 Å². The molecule has 2 N–H and O–H groups in total. The molecular weight excluding hydrogens is 368 g/mol. The summed E-state index contributed by atoms with van der Waals surface area (Å²) in [5, 5.41) is 8.13. The van der Waals surface area contributed by atoms with Crippen LogP contribution in [0.3, 0.4) is 0 Å². The molecule has 2 aromatic rings. The van der Waals surface area contributed by atoms with Gasteiger partial charge in [0.15, 0.2) is 16.6 Å². The van der Waals surface area contributed by atoms with E-state index in [0.29, 0.717) is 30.5 Å². The molecule has 27 heavy (non-hydrogen) atoms. The first-order chi connectivity index (χ1) is 13.2. The number of rotatable bonds is 4. The number of amides is 3. The predicted octanol–water partition coefficient (Wildman–Crippen LogP) is 2.43. The van der Waals surface area contributed by atoms with Crippen LogP contribution in [0.15, 0.2) is 29.8 Å². The van der Waals surface area contributed by atoms with Crippen molar-refractivity contribution in [1.82, 2.24) is 15.2 Å². The predicted molar refractivity (Wildman–Crippen MR) is 99.8 cm³/mol. The van der Waals surface area contributed by atoms with Crippen molar-refractivity contribution in [1.29, 1.82) is 0 Å². The highest BCUT2D eigenvalue weighted by molar-refractivity contribution is 7.13. The van der Waals surface area contributed by atoms with E-state index in [1.165, 1.54) is 11.3 Å². The summed E-state index contributed by atoms with van der Waals surface area (Å²) in [5.41, 5.74) is 0.933. The Bertz CT molecular complexity index is 827. The molecule has 0 radical (unpaired) electrons. The van der Waals surface area contributed by atoms with Gasteiger partial charge >= 0.3 is 6.03 Å². The fourth-order valence-electron chi connectivity index (χ4n) is 3.21. The Morgan fingerprint density at radius 2 is 2.19 bits per heavy atom. The minimum atomic E-state index is -0.223. The van der Waals surface area contributed by atoms with E-state index in [1.807, 2.05) is 23.6 Å². The quantitative estimate of drug-likeness (QED) is 0.839.